The Balaban J connectivity index is 1.81. The van der Waals surface area contributed by atoms with Crippen molar-refractivity contribution < 1.29 is 14.7 Å². The van der Waals surface area contributed by atoms with Crippen LogP contribution >= 0.6 is 0 Å². The molecule has 0 radical (unpaired) electrons. The molecule has 0 aromatic rings. The minimum absolute atomic E-state index is 0.0543. The summed E-state index contributed by atoms with van der Waals surface area (Å²) in [4.78, 5) is 23.4. The first-order chi connectivity index (χ1) is 9.37. The Morgan fingerprint density at radius 2 is 1.75 bits per heavy atom. The Labute approximate surface area is 121 Å². The summed E-state index contributed by atoms with van der Waals surface area (Å²) in [5.74, 6) is -0.951. The van der Waals surface area contributed by atoms with E-state index < -0.39 is 17.3 Å². The molecular weight excluding hydrogens is 254 g/mol. The van der Waals surface area contributed by atoms with Gasteiger partial charge in [-0.15, -0.1) is 0 Å². The lowest BCUT2D eigenvalue weighted by molar-refractivity contribution is -0.140. The molecule has 4 nitrogen and oxygen atoms in total. The van der Waals surface area contributed by atoms with Crippen LogP contribution in [-0.2, 0) is 9.59 Å². The first kappa shape index (κ1) is 15.3. The van der Waals surface area contributed by atoms with Gasteiger partial charge in [0.05, 0.1) is 11.8 Å². The molecule has 0 heterocycles. The van der Waals surface area contributed by atoms with Gasteiger partial charge in [0.1, 0.15) is 0 Å². The fourth-order valence-electron chi connectivity index (χ4n) is 3.88. The molecule has 4 heteroatoms. The van der Waals surface area contributed by atoms with Crippen LogP contribution in [0.4, 0.5) is 0 Å². The highest BCUT2D eigenvalue weighted by Crippen LogP contribution is 2.58. The molecule has 0 saturated heterocycles. The second kappa shape index (κ2) is 5.74. The molecule has 2 aliphatic rings. The monoisotopic (exact) mass is 281 g/mol. The number of amides is 1. The number of aliphatic carboxylic acids is 1. The highest BCUT2D eigenvalue weighted by atomic mass is 16.4. The smallest absolute Gasteiger partial charge is 0.307 e. The highest BCUT2D eigenvalue weighted by Gasteiger charge is 2.65. The minimum Gasteiger partial charge on any atom is -0.481 e. The lowest BCUT2D eigenvalue weighted by Crippen LogP contribution is -2.39. The summed E-state index contributed by atoms with van der Waals surface area (Å²) < 4.78 is 0. The molecule has 20 heavy (non-hydrogen) atoms. The first-order valence-electron chi connectivity index (χ1n) is 7.91. The van der Waals surface area contributed by atoms with Crippen LogP contribution in [0.15, 0.2) is 0 Å². The van der Waals surface area contributed by atoms with E-state index in [-0.39, 0.29) is 17.9 Å². The summed E-state index contributed by atoms with van der Waals surface area (Å²) in [6.07, 6.45) is 6.99. The number of rotatable bonds is 5. The number of carbonyl (C=O) groups is 2. The highest BCUT2D eigenvalue weighted by molar-refractivity contribution is 5.91. The molecule has 0 aromatic carbocycles. The van der Waals surface area contributed by atoms with Gasteiger partial charge in [0.15, 0.2) is 0 Å². The first-order valence-corrected chi connectivity index (χ1v) is 7.91. The van der Waals surface area contributed by atoms with Gasteiger partial charge in [0.2, 0.25) is 5.91 Å². The fourth-order valence-corrected chi connectivity index (χ4v) is 3.88. The second-order valence-corrected chi connectivity index (χ2v) is 7.13. The topological polar surface area (TPSA) is 66.4 Å². The normalized spacial score (nSPS) is 35.4. The molecule has 0 bridgehead atoms. The standard InChI is InChI=1S/C16H27NO3/c1-4-5-10-6-8-11(9-7-10)17-14(18)12-13(15(19)20)16(12,2)3/h10-13H,4-9H2,1-3H3,(H,17,18)(H,19,20). The van der Waals surface area contributed by atoms with E-state index in [4.69, 9.17) is 5.11 Å². The Kier molecular flexibility index (Phi) is 4.40. The zero-order valence-electron chi connectivity index (χ0n) is 12.8. The van der Waals surface area contributed by atoms with Gasteiger partial charge in [-0.1, -0.05) is 33.6 Å². The van der Waals surface area contributed by atoms with Gasteiger partial charge in [-0.25, -0.2) is 0 Å². The maximum Gasteiger partial charge on any atom is 0.307 e. The summed E-state index contributed by atoms with van der Waals surface area (Å²) >= 11 is 0. The third kappa shape index (κ3) is 2.99. The number of carboxylic acid groups (broad SMARTS) is 1. The zero-order chi connectivity index (χ0) is 14.9. The van der Waals surface area contributed by atoms with Crippen molar-refractivity contribution in [1.29, 1.82) is 0 Å². The van der Waals surface area contributed by atoms with E-state index in [0.717, 1.165) is 18.8 Å². The predicted molar refractivity (Wildman–Crippen MR) is 77.2 cm³/mol. The summed E-state index contributed by atoms with van der Waals surface area (Å²) in [7, 11) is 0. The van der Waals surface area contributed by atoms with Crippen molar-refractivity contribution in [2.75, 3.05) is 0 Å². The average molecular weight is 281 g/mol. The van der Waals surface area contributed by atoms with Crippen molar-refractivity contribution in [2.45, 2.75) is 65.3 Å². The average Bonchev–Trinajstić information content (AvgIpc) is 2.95. The Hall–Kier alpha value is -1.06. The van der Waals surface area contributed by atoms with Gasteiger partial charge >= 0.3 is 5.97 Å². The van der Waals surface area contributed by atoms with Crippen molar-refractivity contribution >= 4 is 11.9 Å². The lowest BCUT2D eigenvalue weighted by Gasteiger charge is -2.29. The fraction of sp³-hybridized carbons (Fsp3) is 0.875. The number of hydrogen-bond acceptors (Lipinski definition) is 2. The molecule has 2 fully saturated rings. The summed E-state index contributed by atoms with van der Waals surface area (Å²) in [5.41, 5.74) is -0.394. The Morgan fingerprint density at radius 1 is 1.15 bits per heavy atom. The summed E-state index contributed by atoms with van der Waals surface area (Å²) in [6.45, 7) is 5.96. The molecule has 2 saturated carbocycles. The van der Waals surface area contributed by atoms with Crippen LogP contribution < -0.4 is 5.32 Å². The quantitative estimate of drug-likeness (QED) is 0.814. The van der Waals surface area contributed by atoms with Crippen molar-refractivity contribution in [2.24, 2.45) is 23.2 Å². The molecule has 2 aliphatic carbocycles. The Bertz CT molecular complexity index is 383. The number of carbonyl (C=O) groups excluding carboxylic acids is 1. The largest absolute Gasteiger partial charge is 0.481 e. The predicted octanol–water partition coefficient (Wildman–Crippen LogP) is 2.82. The third-order valence-corrected chi connectivity index (χ3v) is 5.27. The molecule has 1 amide bonds. The maximum absolute atomic E-state index is 12.2. The van der Waals surface area contributed by atoms with E-state index in [1.807, 2.05) is 13.8 Å². The van der Waals surface area contributed by atoms with E-state index in [1.165, 1.54) is 25.7 Å². The van der Waals surface area contributed by atoms with Gasteiger partial charge in [0, 0.05) is 6.04 Å². The minimum atomic E-state index is -0.846. The number of carboxylic acids is 1. The molecular formula is C16H27NO3. The van der Waals surface area contributed by atoms with E-state index >= 15 is 0 Å². The van der Waals surface area contributed by atoms with Crippen molar-refractivity contribution in [3.8, 4) is 0 Å². The van der Waals surface area contributed by atoms with E-state index in [0.29, 0.717) is 0 Å². The van der Waals surface area contributed by atoms with Crippen LogP contribution in [0.3, 0.4) is 0 Å². The van der Waals surface area contributed by atoms with E-state index in [9.17, 15) is 9.59 Å². The van der Waals surface area contributed by atoms with E-state index in [2.05, 4.69) is 12.2 Å². The molecule has 114 valence electrons. The number of nitrogens with one attached hydrogen (secondary N) is 1. The van der Waals surface area contributed by atoms with Crippen molar-refractivity contribution in [3.63, 3.8) is 0 Å². The zero-order valence-corrected chi connectivity index (χ0v) is 12.8. The molecule has 2 atom stereocenters. The van der Waals surface area contributed by atoms with Crippen LogP contribution in [0.1, 0.15) is 59.3 Å². The summed E-state index contributed by atoms with van der Waals surface area (Å²) in [5, 5.41) is 12.2. The van der Waals surface area contributed by atoms with Crippen molar-refractivity contribution in [1.82, 2.24) is 5.32 Å². The van der Waals surface area contributed by atoms with Crippen LogP contribution in [0.2, 0.25) is 0 Å². The molecule has 2 rings (SSSR count). The van der Waals surface area contributed by atoms with Gasteiger partial charge in [0.25, 0.3) is 0 Å². The van der Waals surface area contributed by atoms with Crippen LogP contribution in [-0.4, -0.2) is 23.0 Å². The van der Waals surface area contributed by atoms with Crippen LogP contribution in [0, 0.1) is 23.2 Å². The van der Waals surface area contributed by atoms with Crippen LogP contribution in [0.25, 0.3) is 0 Å². The van der Waals surface area contributed by atoms with Crippen molar-refractivity contribution in [3.05, 3.63) is 0 Å². The van der Waals surface area contributed by atoms with Crippen LogP contribution in [0.5, 0.6) is 0 Å². The van der Waals surface area contributed by atoms with Gasteiger partial charge in [-0.2, -0.15) is 0 Å². The molecule has 0 aliphatic heterocycles. The van der Waals surface area contributed by atoms with E-state index in [1.54, 1.807) is 0 Å². The molecule has 2 N–H and O–H groups in total. The lowest BCUT2D eigenvalue weighted by atomic mass is 9.83. The molecule has 0 aromatic heterocycles. The maximum atomic E-state index is 12.2. The molecule has 2 unspecified atom stereocenters. The van der Waals surface area contributed by atoms with Gasteiger partial charge < -0.3 is 10.4 Å². The Morgan fingerprint density at radius 3 is 2.20 bits per heavy atom. The van der Waals surface area contributed by atoms with Gasteiger partial charge in [-0.3, -0.25) is 9.59 Å². The number of hydrogen-bond donors (Lipinski definition) is 2. The molecule has 0 spiro atoms. The third-order valence-electron chi connectivity index (χ3n) is 5.27. The summed E-state index contributed by atoms with van der Waals surface area (Å²) in [6, 6.07) is 0.251. The van der Waals surface area contributed by atoms with Gasteiger partial charge in [-0.05, 0) is 37.0 Å². The second-order valence-electron chi connectivity index (χ2n) is 7.13. The SMILES string of the molecule is CCCC1CCC(NC(=O)C2C(C(=O)O)C2(C)C)CC1.